The van der Waals surface area contributed by atoms with Gasteiger partial charge in [-0.05, 0) is 47.0 Å². The van der Waals surface area contributed by atoms with Gasteiger partial charge in [0.05, 0.1) is 0 Å². The van der Waals surface area contributed by atoms with Crippen molar-refractivity contribution in [1.29, 1.82) is 0 Å². The van der Waals surface area contributed by atoms with Crippen molar-refractivity contribution in [3.8, 4) is 0 Å². The third-order valence-electron chi connectivity index (χ3n) is 5.90. The molecular formula is C33H32N2. The van der Waals surface area contributed by atoms with Gasteiger partial charge in [0, 0.05) is 31.4 Å². The molecule has 0 N–H and O–H groups in total. The van der Waals surface area contributed by atoms with E-state index < -0.39 is 0 Å². The molecule has 0 aliphatic rings. The monoisotopic (exact) mass is 456 g/mol. The molecule has 174 valence electrons. The van der Waals surface area contributed by atoms with Crippen molar-refractivity contribution in [1.82, 2.24) is 9.88 Å². The number of benzene rings is 4. The summed E-state index contributed by atoms with van der Waals surface area (Å²) in [7, 11) is 2.15. The minimum absolute atomic E-state index is 0.269. The van der Waals surface area contributed by atoms with Crippen LogP contribution in [0.1, 0.15) is 33.7 Å². The van der Waals surface area contributed by atoms with Crippen LogP contribution in [0.15, 0.2) is 146 Å². The van der Waals surface area contributed by atoms with Gasteiger partial charge < -0.3 is 0 Å². The van der Waals surface area contributed by atoms with Gasteiger partial charge in [-0.2, -0.15) is 0 Å². The second kappa shape index (κ2) is 13.0. The Hall–Kier alpha value is -4.01. The van der Waals surface area contributed by atoms with E-state index in [1.54, 1.807) is 0 Å². The van der Waals surface area contributed by atoms with Crippen molar-refractivity contribution >= 4 is 0 Å². The van der Waals surface area contributed by atoms with E-state index in [2.05, 4.69) is 150 Å². The molecule has 5 aromatic rings. The molecule has 5 rings (SSSR count). The van der Waals surface area contributed by atoms with Crippen LogP contribution in [-0.4, -0.2) is 16.9 Å². The SMILES string of the molecule is CN(Cc1ccccc1)Cc1ccccc1.c1ccc(C(c2ccccc2)c2ccncc2)cc1. The zero-order valence-electron chi connectivity index (χ0n) is 20.2. The molecule has 1 heterocycles. The van der Waals surface area contributed by atoms with Crippen molar-refractivity contribution in [2.45, 2.75) is 19.0 Å². The van der Waals surface area contributed by atoms with Gasteiger partial charge in [0.15, 0.2) is 0 Å². The molecule has 0 saturated heterocycles. The summed E-state index contributed by atoms with van der Waals surface area (Å²) < 4.78 is 0. The summed E-state index contributed by atoms with van der Waals surface area (Å²) in [6.45, 7) is 1.99. The van der Waals surface area contributed by atoms with Crippen LogP contribution in [0.5, 0.6) is 0 Å². The molecule has 0 spiro atoms. The normalized spacial score (nSPS) is 10.6. The summed E-state index contributed by atoms with van der Waals surface area (Å²) >= 11 is 0. The van der Waals surface area contributed by atoms with Crippen LogP contribution < -0.4 is 0 Å². The maximum absolute atomic E-state index is 4.12. The topological polar surface area (TPSA) is 16.1 Å². The first-order valence-corrected chi connectivity index (χ1v) is 12.1. The number of pyridine rings is 1. The highest BCUT2D eigenvalue weighted by Gasteiger charge is 2.15. The van der Waals surface area contributed by atoms with Crippen molar-refractivity contribution in [3.63, 3.8) is 0 Å². The van der Waals surface area contributed by atoms with E-state index in [1.165, 1.54) is 27.8 Å². The standard InChI is InChI=1S/C18H15N.C15H17N/c1-3-7-15(8-4-1)18(16-9-5-2-6-10-16)17-11-13-19-14-12-17;1-16(12-14-8-4-2-5-9-14)13-15-10-6-3-7-11-15/h1-14,18H;2-11H,12-13H2,1H3. The summed E-state index contributed by atoms with van der Waals surface area (Å²) in [5.41, 5.74) is 6.61. The predicted molar refractivity (Wildman–Crippen MR) is 146 cm³/mol. The quantitative estimate of drug-likeness (QED) is 0.251. The second-order valence-corrected chi connectivity index (χ2v) is 8.68. The van der Waals surface area contributed by atoms with Crippen molar-refractivity contribution in [2.75, 3.05) is 7.05 Å². The molecule has 0 amide bonds. The molecule has 1 aromatic heterocycles. The Balaban J connectivity index is 0.000000168. The second-order valence-electron chi connectivity index (χ2n) is 8.68. The lowest BCUT2D eigenvalue weighted by atomic mass is 9.86. The Morgan fingerprint density at radius 3 is 1.23 bits per heavy atom. The minimum Gasteiger partial charge on any atom is -0.298 e. The molecule has 0 saturated carbocycles. The molecule has 0 aliphatic heterocycles. The van der Waals surface area contributed by atoms with Crippen molar-refractivity contribution in [3.05, 3.63) is 174 Å². The lowest BCUT2D eigenvalue weighted by Crippen LogP contribution is -2.16. The van der Waals surface area contributed by atoms with Gasteiger partial charge in [0.25, 0.3) is 0 Å². The van der Waals surface area contributed by atoms with Gasteiger partial charge in [-0.3, -0.25) is 9.88 Å². The first-order valence-electron chi connectivity index (χ1n) is 12.1. The Labute approximate surface area is 209 Å². The lowest BCUT2D eigenvalue weighted by molar-refractivity contribution is 0.319. The van der Waals surface area contributed by atoms with E-state index in [0.717, 1.165) is 13.1 Å². The van der Waals surface area contributed by atoms with E-state index in [4.69, 9.17) is 0 Å². The molecule has 35 heavy (non-hydrogen) atoms. The maximum Gasteiger partial charge on any atom is 0.0341 e. The molecule has 0 aliphatic carbocycles. The lowest BCUT2D eigenvalue weighted by Gasteiger charge is -2.18. The van der Waals surface area contributed by atoms with Gasteiger partial charge in [0.2, 0.25) is 0 Å². The summed E-state index contributed by atoms with van der Waals surface area (Å²) in [4.78, 5) is 6.44. The number of hydrogen-bond acceptors (Lipinski definition) is 2. The molecular weight excluding hydrogens is 424 g/mol. The third-order valence-corrected chi connectivity index (χ3v) is 5.90. The van der Waals surface area contributed by atoms with Crippen LogP contribution in [0.3, 0.4) is 0 Å². The Kier molecular flexibility index (Phi) is 8.98. The fourth-order valence-corrected chi connectivity index (χ4v) is 4.27. The van der Waals surface area contributed by atoms with E-state index in [1.807, 2.05) is 12.4 Å². The minimum atomic E-state index is 0.269. The average molecular weight is 457 g/mol. The molecule has 0 atom stereocenters. The van der Waals surface area contributed by atoms with E-state index >= 15 is 0 Å². The van der Waals surface area contributed by atoms with Crippen LogP contribution in [0.25, 0.3) is 0 Å². The van der Waals surface area contributed by atoms with E-state index in [-0.39, 0.29) is 5.92 Å². The van der Waals surface area contributed by atoms with Crippen LogP contribution >= 0.6 is 0 Å². The smallest absolute Gasteiger partial charge is 0.0341 e. The summed E-state index contributed by atoms with van der Waals surface area (Å²) in [5, 5.41) is 0. The number of hydrogen-bond donors (Lipinski definition) is 0. The highest BCUT2D eigenvalue weighted by molar-refractivity contribution is 5.42. The first kappa shape index (κ1) is 24.1. The summed E-state index contributed by atoms with van der Waals surface area (Å²) in [5.74, 6) is 0.269. The van der Waals surface area contributed by atoms with Gasteiger partial charge in [0.1, 0.15) is 0 Å². The number of aromatic nitrogens is 1. The Bertz CT molecular complexity index is 1090. The van der Waals surface area contributed by atoms with Gasteiger partial charge in [-0.25, -0.2) is 0 Å². The molecule has 0 radical (unpaired) electrons. The third kappa shape index (κ3) is 7.49. The zero-order valence-corrected chi connectivity index (χ0v) is 20.2. The fourth-order valence-electron chi connectivity index (χ4n) is 4.27. The predicted octanol–water partition coefficient (Wildman–Crippen LogP) is 7.58. The first-order chi connectivity index (χ1) is 17.3. The number of rotatable bonds is 7. The fraction of sp³-hybridized carbons (Fsp3) is 0.121. The highest BCUT2D eigenvalue weighted by atomic mass is 15.1. The van der Waals surface area contributed by atoms with Gasteiger partial charge in [-0.1, -0.05) is 121 Å². The molecule has 0 unspecified atom stereocenters. The largest absolute Gasteiger partial charge is 0.298 e. The van der Waals surface area contributed by atoms with Crippen LogP contribution in [0, 0.1) is 0 Å². The van der Waals surface area contributed by atoms with Crippen molar-refractivity contribution in [2.24, 2.45) is 0 Å². The van der Waals surface area contributed by atoms with Gasteiger partial charge >= 0.3 is 0 Å². The molecule has 2 nitrogen and oxygen atoms in total. The van der Waals surface area contributed by atoms with E-state index in [0.29, 0.717) is 0 Å². The average Bonchev–Trinajstić information content (AvgIpc) is 2.92. The molecule has 2 heteroatoms. The highest BCUT2D eigenvalue weighted by Crippen LogP contribution is 2.31. The maximum atomic E-state index is 4.12. The molecule has 0 bridgehead atoms. The van der Waals surface area contributed by atoms with Crippen molar-refractivity contribution < 1.29 is 0 Å². The molecule has 4 aromatic carbocycles. The van der Waals surface area contributed by atoms with Crippen LogP contribution in [-0.2, 0) is 13.1 Å². The van der Waals surface area contributed by atoms with Gasteiger partial charge in [-0.15, -0.1) is 0 Å². The summed E-state index contributed by atoms with van der Waals surface area (Å²) in [6.07, 6.45) is 3.71. The zero-order chi connectivity index (χ0) is 24.1. The Morgan fingerprint density at radius 2 is 0.829 bits per heavy atom. The summed E-state index contributed by atoms with van der Waals surface area (Å²) in [6, 6.07) is 46.5. The number of nitrogens with zero attached hydrogens (tertiary/aromatic N) is 2. The van der Waals surface area contributed by atoms with Crippen LogP contribution in [0.4, 0.5) is 0 Å². The van der Waals surface area contributed by atoms with E-state index in [9.17, 15) is 0 Å². The Morgan fingerprint density at radius 1 is 0.486 bits per heavy atom. The van der Waals surface area contributed by atoms with Crippen LogP contribution in [0.2, 0.25) is 0 Å². The molecule has 0 fully saturated rings.